The van der Waals surface area contributed by atoms with Crippen LogP contribution < -0.4 is 5.46 Å². The predicted molar refractivity (Wildman–Crippen MR) is 46.5 cm³/mol. The van der Waals surface area contributed by atoms with Gasteiger partial charge < -0.3 is 5.11 Å². The highest BCUT2D eigenvalue weighted by molar-refractivity contribution is 6.32. The zero-order valence-electron chi connectivity index (χ0n) is 6.46. The normalized spacial score (nSPS) is 9.55. The molecule has 3 nitrogen and oxygen atoms in total. The Morgan fingerprint density at radius 3 is 2.73 bits per heavy atom. The maximum absolute atomic E-state index is 10.1. The van der Waals surface area contributed by atoms with Crippen molar-refractivity contribution in [1.82, 2.24) is 0 Å². The molecule has 0 amide bonds. The van der Waals surface area contributed by atoms with Crippen molar-refractivity contribution in [2.24, 2.45) is 5.18 Å². The van der Waals surface area contributed by atoms with E-state index in [2.05, 4.69) is 5.18 Å². The Bertz CT molecular complexity index is 299. The number of hydrogen-bond donors (Lipinski definition) is 1. The van der Waals surface area contributed by atoms with Gasteiger partial charge in [0.1, 0.15) is 19.3 Å². The molecule has 11 heavy (non-hydrogen) atoms. The molecule has 0 heterocycles. The molecule has 0 bridgehead atoms. The van der Waals surface area contributed by atoms with Crippen LogP contribution in [0.2, 0.25) is 0 Å². The van der Waals surface area contributed by atoms with Gasteiger partial charge in [0.05, 0.1) is 0 Å². The van der Waals surface area contributed by atoms with Crippen molar-refractivity contribution in [2.45, 2.75) is 6.92 Å². The van der Waals surface area contributed by atoms with Crippen LogP contribution in [0.15, 0.2) is 17.3 Å². The molecule has 4 heteroatoms. The fourth-order valence-electron chi connectivity index (χ4n) is 1.01. The molecule has 56 valence electrons. The largest absolute Gasteiger partial charge is 0.505 e. The highest BCUT2D eigenvalue weighted by Gasteiger charge is 2.04. The first-order valence-electron chi connectivity index (χ1n) is 3.28. The van der Waals surface area contributed by atoms with Gasteiger partial charge in [-0.15, -0.1) is 4.91 Å². The fraction of sp³-hybridized carbons (Fsp3) is 0.143. The minimum Gasteiger partial charge on any atom is -0.505 e. The summed E-state index contributed by atoms with van der Waals surface area (Å²) in [5, 5.41) is 11.9. The molecule has 1 aromatic carbocycles. The van der Waals surface area contributed by atoms with Gasteiger partial charge in [0.2, 0.25) is 0 Å². The third-order valence-electron chi connectivity index (χ3n) is 1.52. The van der Waals surface area contributed by atoms with E-state index in [0.717, 1.165) is 5.46 Å². The Labute approximate surface area is 65.4 Å². The first-order valence-corrected chi connectivity index (χ1v) is 3.28. The van der Waals surface area contributed by atoms with Gasteiger partial charge in [-0.2, -0.15) is 0 Å². The lowest BCUT2D eigenvalue weighted by atomic mass is 9.93. The molecule has 1 N–H and O–H groups in total. The average Bonchev–Trinajstić information content (AvgIpc) is 1.96. The van der Waals surface area contributed by atoms with Gasteiger partial charge in [0.15, 0.2) is 0 Å². The summed E-state index contributed by atoms with van der Waals surface area (Å²) in [5.41, 5.74) is 1.72. The molecule has 0 aromatic heterocycles. The first-order chi connectivity index (χ1) is 5.15. The summed E-state index contributed by atoms with van der Waals surface area (Å²) >= 11 is 0. The zero-order chi connectivity index (χ0) is 8.43. The summed E-state index contributed by atoms with van der Waals surface area (Å²) in [7, 11) is 1.85. The quantitative estimate of drug-likeness (QED) is 0.462. The summed E-state index contributed by atoms with van der Waals surface area (Å²) in [6.07, 6.45) is 0. The summed E-state index contributed by atoms with van der Waals surface area (Å²) in [6, 6.07) is 3.35. The summed E-state index contributed by atoms with van der Waals surface area (Å²) in [6.45, 7) is 1.73. The number of nitroso groups, excluding NO2 is 1. The van der Waals surface area contributed by atoms with E-state index in [0.29, 0.717) is 5.56 Å². The molecule has 0 saturated heterocycles. The average molecular weight is 149 g/mol. The molecule has 0 unspecified atom stereocenters. The molecule has 0 aliphatic carbocycles. The smallest absolute Gasteiger partial charge is 0.149 e. The molecule has 0 aliphatic rings. The summed E-state index contributed by atoms with van der Waals surface area (Å²) < 4.78 is 0. The van der Waals surface area contributed by atoms with Crippen LogP contribution in [0.4, 0.5) is 5.69 Å². The molecule has 0 saturated carbocycles. The van der Waals surface area contributed by atoms with Crippen molar-refractivity contribution in [3.05, 3.63) is 22.6 Å². The van der Waals surface area contributed by atoms with E-state index in [4.69, 9.17) is 0 Å². The van der Waals surface area contributed by atoms with E-state index in [9.17, 15) is 10.0 Å². The van der Waals surface area contributed by atoms with E-state index < -0.39 is 0 Å². The number of aromatic hydroxyl groups is 1. The zero-order valence-corrected chi connectivity index (χ0v) is 6.46. The molecular weight excluding hydrogens is 141 g/mol. The van der Waals surface area contributed by atoms with Gasteiger partial charge in [-0.3, -0.25) is 0 Å². The number of rotatable bonds is 1. The number of phenols is 1. The molecule has 0 spiro atoms. The number of benzene rings is 1. The number of aryl methyl sites for hydroxylation is 1. The van der Waals surface area contributed by atoms with E-state index in [1.54, 1.807) is 19.1 Å². The van der Waals surface area contributed by atoms with Gasteiger partial charge in [-0.25, -0.2) is 0 Å². The lowest BCUT2D eigenvalue weighted by molar-refractivity contribution is 0.473. The first kappa shape index (κ1) is 7.79. The van der Waals surface area contributed by atoms with Crippen LogP contribution in [-0.2, 0) is 0 Å². The van der Waals surface area contributed by atoms with Crippen LogP contribution in [-0.4, -0.2) is 13.0 Å². The Morgan fingerprint density at radius 2 is 2.18 bits per heavy atom. The predicted octanol–water partition coefficient (Wildman–Crippen LogP) is 0.357. The standard InChI is InChI=1S/C7H8BNO2/c1-4-2-5(8)3-6(9-11)7(4)10/h2-3,10H,8H2,1H3. The van der Waals surface area contributed by atoms with Gasteiger partial charge in [0, 0.05) is 0 Å². The van der Waals surface area contributed by atoms with Crippen molar-refractivity contribution < 1.29 is 5.11 Å². The van der Waals surface area contributed by atoms with E-state index in [1.807, 2.05) is 7.85 Å². The Kier molecular flexibility index (Phi) is 1.94. The van der Waals surface area contributed by atoms with Gasteiger partial charge in [-0.05, 0) is 23.7 Å². The van der Waals surface area contributed by atoms with Crippen molar-refractivity contribution in [2.75, 3.05) is 0 Å². The molecule has 0 radical (unpaired) electrons. The van der Waals surface area contributed by atoms with Crippen molar-refractivity contribution >= 4 is 19.0 Å². The second-order valence-electron chi connectivity index (χ2n) is 2.54. The van der Waals surface area contributed by atoms with Crippen LogP contribution in [0.5, 0.6) is 5.75 Å². The minimum absolute atomic E-state index is 0.0226. The molecule has 0 atom stereocenters. The monoisotopic (exact) mass is 149 g/mol. The lowest BCUT2D eigenvalue weighted by Gasteiger charge is -2.01. The molecule has 1 aromatic rings. The van der Waals surface area contributed by atoms with Crippen molar-refractivity contribution in [3.8, 4) is 5.75 Å². The Morgan fingerprint density at radius 1 is 1.55 bits per heavy atom. The van der Waals surface area contributed by atoms with Crippen LogP contribution >= 0.6 is 0 Å². The third kappa shape index (κ3) is 1.39. The van der Waals surface area contributed by atoms with E-state index in [1.165, 1.54) is 0 Å². The number of nitrogens with zero attached hydrogens (tertiary/aromatic N) is 1. The number of hydrogen-bond acceptors (Lipinski definition) is 3. The molecule has 0 aliphatic heterocycles. The SMILES string of the molecule is Bc1cc(C)c(O)c(N=O)c1. The summed E-state index contributed by atoms with van der Waals surface area (Å²) in [5.74, 6) is -0.0226. The minimum atomic E-state index is -0.0226. The van der Waals surface area contributed by atoms with Crippen LogP contribution in [0.3, 0.4) is 0 Å². The summed E-state index contributed by atoms with van der Waals surface area (Å²) in [4.78, 5) is 10.1. The Hall–Kier alpha value is -1.32. The lowest BCUT2D eigenvalue weighted by Crippen LogP contribution is -2.01. The van der Waals surface area contributed by atoms with Gasteiger partial charge in [-0.1, -0.05) is 11.5 Å². The van der Waals surface area contributed by atoms with Crippen LogP contribution in [0.1, 0.15) is 5.56 Å². The highest BCUT2D eigenvalue weighted by Crippen LogP contribution is 2.27. The number of phenolic OH excluding ortho intramolecular Hbond substituents is 1. The van der Waals surface area contributed by atoms with Crippen molar-refractivity contribution in [3.63, 3.8) is 0 Å². The van der Waals surface area contributed by atoms with Crippen LogP contribution in [0, 0.1) is 11.8 Å². The van der Waals surface area contributed by atoms with Gasteiger partial charge >= 0.3 is 0 Å². The molecule has 0 fully saturated rings. The van der Waals surface area contributed by atoms with Crippen LogP contribution in [0.25, 0.3) is 0 Å². The Balaban J connectivity index is 3.35. The fourth-order valence-corrected chi connectivity index (χ4v) is 1.01. The highest BCUT2D eigenvalue weighted by atomic mass is 16.3. The molecule has 1 rings (SSSR count). The maximum Gasteiger partial charge on any atom is 0.149 e. The molecular formula is C7H8BNO2. The topological polar surface area (TPSA) is 49.7 Å². The van der Waals surface area contributed by atoms with E-state index in [-0.39, 0.29) is 11.4 Å². The van der Waals surface area contributed by atoms with Crippen molar-refractivity contribution in [1.29, 1.82) is 0 Å². The second-order valence-corrected chi connectivity index (χ2v) is 2.54. The van der Waals surface area contributed by atoms with E-state index >= 15 is 0 Å². The second kappa shape index (κ2) is 2.74. The maximum atomic E-state index is 10.1. The third-order valence-corrected chi connectivity index (χ3v) is 1.52. The van der Waals surface area contributed by atoms with Gasteiger partial charge in [0.25, 0.3) is 0 Å².